The quantitative estimate of drug-likeness (QED) is 0.495. The molecule has 0 nitrogen and oxygen atoms in total. The van der Waals surface area contributed by atoms with Crippen molar-refractivity contribution in [2.75, 3.05) is 0 Å². The predicted octanol–water partition coefficient (Wildman–Crippen LogP) is 2.28. The van der Waals surface area contributed by atoms with Crippen molar-refractivity contribution in [3.8, 4) is 0 Å². The molecule has 0 aliphatic heterocycles. The van der Waals surface area contributed by atoms with Crippen molar-refractivity contribution in [3.63, 3.8) is 0 Å². The van der Waals surface area contributed by atoms with Gasteiger partial charge in [0, 0.05) is 0 Å². The molecule has 0 heteroatoms. The summed E-state index contributed by atoms with van der Waals surface area (Å²) < 4.78 is 0. The minimum Gasteiger partial charge on any atom is -0.490 e. The second-order valence-corrected chi connectivity index (χ2v) is 1.97. The van der Waals surface area contributed by atoms with Gasteiger partial charge in [0.2, 0.25) is 0 Å². The van der Waals surface area contributed by atoms with E-state index in [-0.39, 0.29) is 0 Å². The minimum absolute atomic E-state index is 0.871. The van der Waals surface area contributed by atoms with Gasteiger partial charge in [0.1, 0.15) is 0 Å². The van der Waals surface area contributed by atoms with Gasteiger partial charge in [-0.1, -0.05) is 6.07 Å². The summed E-state index contributed by atoms with van der Waals surface area (Å²) >= 11 is 0. The Labute approximate surface area is 56.5 Å². The summed E-state index contributed by atoms with van der Waals surface area (Å²) in [5.74, 6) is 0.871. The summed E-state index contributed by atoms with van der Waals surface area (Å²) in [6.07, 6.45) is 0. The topological polar surface area (TPSA) is 0 Å². The van der Waals surface area contributed by atoms with E-state index in [0.717, 1.165) is 11.5 Å². The molecule has 0 spiro atoms. The van der Waals surface area contributed by atoms with Crippen LogP contribution in [0, 0.1) is 19.8 Å². The van der Waals surface area contributed by atoms with Gasteiger partial charge in [-0.3, -0.25) is 0 Å². The third-order valence-corrected chi connectivity index (χ3v) is 1.18. The van der Waals surface area contributed by atoms with E-state index in [2.05, 4.69) is 13.8 Å². The molecule has 9 heavy (non-hydrogen) atoms. The van der Waals surface area contributed by atoms with Gasteiger partial charge in [0.25, 0.3) is 0 Å². The van der Waals surface area contributed by atoms with Crippen LogP contribution in [0.1, 0.15) is 5.56 Å². The highest BCUT2D eigenvalue weighted by atomic mass is 14.0. The Bertz CT molecular complexity index is 163. The Morgan fingerprint density at radius 2 is 1.56 bits per heavy atom. The Balaban J connectivity index is 2.85. The van der Waals surface area contributed by atoms with Crippen LogP contribution in [0.5, 0.6) is 0 Å². The molecule has 0 atom stereocenters. The summed E-state index contributed by atoms with van der Waals surface area (Å²) in [6, 6.07) is 9.93. The molecule has 1 aromatic rings. The zero-order valence-corrected chi connectivity index (χ0v) is 5.30. The van der Waals surface area contributed by atoms with Crippen molar-refractivity contribution in [2.24, 2.45) is 0 Å². The maximum atomic E-state index is 3.71. The number of benzene rings is 1. The monoisotopic (exact) mass is 117 g/mol. The highest BCUT2D eigenvalue weighted by molar-refractivity contribution is 5.33. The van der Waals surface area contributed by atoms with Crippen molar-refractivity contribution in [2.45, 2.75) is 0 Å². The zero-order chi connectivity index (χ0) is 6.69. The highest BCUT2D eigenvalue weighted by Crippen LogP contribution is 2.09. The van der Waals surface area contributed by atoms with Crippen LogP contribution in [0.4, 0.5) is 0 Å². The van der Waals surface area contributed by atoms with E-state index < -0.39 is 0 Å². The SMILES string of the molecule is [CH2-][C-]([CH2-])c1ccccc1. The molecule has 0 amide bonds. The van der Waals surface area contributed by atoms with Crippen molar-refractivity contribution in [1.29, 1.82) is 0 Å². The van der Waals surface area contributed by atoms with Crippen LogP contribution >= 0.6 is 0 Å². The van der Waals surface area contributed by atoms with E-state index >= 15 is 0 Å². The first-order valence-corrected chi connectivity index (χ1v) is 2.87. The molecule has 1 aromatic carbocycles. The molecule has 0 aliphatic carbocycles. The summed E-state index contributed by atoms with van der Waals surface area (Å²) in [5, 5.41) is 0. The normalized spacial score (nSPS) is 9.11. The molecule has 0 aromatic heterocycles. The van der Waals surface area contributed by atoms with E-state index in [0.29, 0.717) is 0 Å². The standard InChI is InChI=1S/C9H9/c1-8(2)9-6-4-3-5-7-9/h3-7H,1-2H2/q-3. The lowest BCUT2D eigenvalue weighted by atomic mass is 10.0. The molecule has 0 saturated carbocycles. The van der Waals surface area contributed by atoms with Crippen LogP contribution in [0.15, 0.2) is 30.3 Å². The van der Waals surface area contributed by atoms with E-state index in [1.807, 2.05) is 30.3 Å². The van der Waals surface area contributed by atoms with Gasteiger partial charge in [0.05, 0.1) is 0 Å². The second kappa shape index (κ2) is 2.58. The fourth-order valence-corrected chi connectivity index (χ4v) is 0.674. The van der Waals surface area contributed by atoms with Gasteiger partial charge in [-0.25, -0.2) is 5.56 Å². The van der Waals surface area contributed by atoms with Crippen LogP contribution in [0.25, 0.3) is 0 Å². The molecular weight excluding hydrogens is 108 g/mol. The van der Waals surface area contributed by atoms with Crippen LogP contribution in [-0.2, 0) is 0 Å². The minimum atomic E-state index is 0.871. The van der Waals surface area contributed by atoms with E-state index in [9.17, 15) is 0 Å². The molecule has 1 rings (SSSR count). The zero-order valence-electron chi connectivity index (χ0n) is 5.30. The molecule has 0 bridgehead atoms. The third kappa shape index (κ3) is 1.49. The van der Waals surface area contributed by atoms with Gasteiger partial charge in [-0.15, -0.1) is 12.1 Å². The second-order valence-electron chi connectivity index (χ2n) is 1.97. The largest absolute Gasteiger partial charge is 0.490 e. The lowest BCUT2D eigenvalue weighted by Crippen LogP contribution is -1.85. The molecular formula is C9H9-3. The summed E-state index contributed by atoms with van der Waals surface area (Å²) in [5.41, 5.74) is 1.11. The fourth-order valence-electron chi connectivity index (χ4n) is 0.674. The van der Waals surface area contributed by atoms with E-state index in [4.69, 9.17) is 0 Å². The summed E-state index contributed by atoms with van der Waals surface area (Å²) in [6.45, 7) is 7.43. The Morgan fingerprint density at radius 3 is 1.89 bits per heavy atom. The van der Waals surface area contributed by atoms with Gasteiger partial charge in [0.15, 0.2) is 0 Å². The fraction of sp³-hybridized carbons (Fsp3) is 0. The average Bonchev–Trinajstić information content (AvgIpc) is 1.90. The van der Waals surface area contributed by atoms with E-state index in [1.54, 1.807) is 0 Å². The number of hydrogen-bond donors (Lipinski definition) is 0. The Morgan fingerprint density at radius 1 is 1.00 bits per heavy atom. The first-order valence-electron chi connectivity index (χ1n) is 2.87. The molecule has 0 radical (unpaired) electrons. The first kappa shape index (κ1) is 6.21. The predicted molar refractivity (Wildman–Crippen MR) is 39.5 cm³/mol. The van der Waals surface area contributed by atoms with Gasteiger partial charge >= 0.3 is 0 Å². The maximum Gasteiger partial charge on any atom is -0.0866 e. The van der Waals surface area contributed by atoms with Crippen LogP contribution in [-0.4, -0.2) is 0 Å². The highest BCUT2D eigenvalue weighted by Gasteiger charge is 1.68. The lowest BCUT2D eigenvalue weighted by Gasteiger charge is -2.31. The van der Waals surface area contributed by atoms with Crippen molar-refractivity contribution in [3.05, 3.63) is 55.7 Å². The van der Waals surface area contributed by atoms with Crippen molar-refractivity contribution >= 4 is 0 Å². The molecule has 48 valence electrons. The van der Waals surface area contributed by atoms with Gasteiger partial charge in [-0.2, -0.15) is 12.1 Å². The van der Waals surface area contributed by atoms with Crippen molar-refractivity contribution < 1.29 is 0 Å². The summed E-state index contributed by atoms with van der Waals surface area (Å²) in [4.78, 5) is 0. The van der Waals surface area contributed by atoms with Crippen LogP contribution < -0.4 is 0 Å². The van der Waals surface area contributed by atoms with Gasteiger partial charge < -0.3 is 19.8 Å². The summed E-state index contributed by atoms with van der Waals surface area (Å²) in [7, 11) is 0. The number of hydrogen-bond acceptors (Lipinski definition) is 0. The molecule has 0 fully saturated rings. The van der Waals surface area contributed by atoms with Crippen molar-refractivity contribution in [1.82, 2.24) is 0 Å². The Kier molecular flexibility index (Phi) is 1.78. The average molecular weight is 117 g/mol. The maximum absolute atomic E-state index is 3.71. The molecule has 0 heterocycles. The number of rotatable bonds is 1. The lowest BCUT2D eigenvalue weighted by molar-refractivity contribution is 1.37. The molecule has 0 aliphatic rings. The van der Waals surface area contributed by atoms with E-state index in [1.165, 1.54) is 0 Å². The third-order valence-electron chi connectivity index (χ3n) is 1.18. The molecule has 0 unspecified atom stereocenters. The Hall–Kier alpha value is -0.910. The van der Waals surface area contributed by atoms with Crippen LogP contribution in [0.2, 0.25) is 0 Å². The first-order chi connectivity index (χ1) is 4.30. The molecule has 0 saturated heterocycles. The molecule has 0 N–H and O–H groups in total. The smallest absolute Gasteiger partial charge is 0.0866 e. The van der Waals surface area contributed by atoms with Gasteiger partial charge in [-0.05, 0) is 0 Å². The van der Waals surface area contributed by atoms with Crippen LogP contribution in [0.3, 0.4) is 0 Å².